The molecule has 2 fully saturated rings. The lowest BCUT2D eigenvalue weighted by molar-refractivity contribution is -0.385. The molecule has 0 atom stereocenters. The van der Waals surface area contributed by atoms with Gasteiger partial charge in [0.25, 0.3) is 17.5 Å². The van der Waals surface area contributed by atoms with Gasteiger partial charge >= 0.3 is 6.09 Å². The van der Waals surface area contributed by atoms with Crippen molar-refractivity contribution in [3.63, 3.8) is 0 Å². The number of halogens is 1. The minimum atomic E-state index is -0.928. The first-order chi connectivity index (χ1) is 18.2. The Morgan fingerprint density at radius 2 is 1.55 bits per heavy atom. The molecule has 0 radical (unpaired) electrons. The van der Waals surface area contributed by atoms with Crippen molar-refractivity contribution in [3.05, 3.63) is 68.8 Å². The fourth-order valence-corrected chi connectivity index (χ4v) is 4.86. The second-order valence-corrected chi connectivity index (χ2v) is 9.35. The highest BCUT2D eigenvalue weighted by atomic mass is 19.1. The molecule has 3 amide bonds. The first kappa shape index (κ1) is 27.0. The zero-order valence-electron chi connectivity index (χ0n) is 21.4. The number of nitro groups is 1. The molecular weight excluding hydrogens is 497 g/mol. The summed E-state index contributed by atoms with van der Waals surface area (Å²) in [5.74, 6) is -1.67. The van der Waals surface area contributed by atoms with E-state index in [-0.39, 0.29) is 23.5 Å². The van der Waals surface area contributed by atoms with E-state index in [9.17, 15) is 28.9 Å². The monoisotopic (exact) mass is 527 g/mol. The summed E-state index contributed by atoms with van der Waals surface area (Å²) in [6.07, 6.45) is 0.689. The number of piperazine rings is 1. The molecule has 202 valence electrons. The molecule has 2 saturated heterocycles. The van der Waals surface area contributed by atoms with Gasteiger partial charge in [0.2, 0.25) is 0 Å². The van der Waals surface area contributed by atoms with Gasteiger partial charge in [-0.1, -0.05) is 0 Å². The highest BCUT2D eigenvalue weighted by molar-refractivity contribution is 5.96. The predicted octanol–water partition coefficient (Wildman–Crippen LogP) is 3.37. The van der Waals surface area contributed by atoms with Crippen molar-refractivity contribution < 1.29 is 28.4 Å². The number of amides is 3. The summed E-state index contributed by atoms with van der Waals surface area (Å²) in [4.78, 5) is 58.0. The van der Waals surface area contributed by atoms with Crippen LogP contribution in [0.25, 0.3) is 0 Å². The van der Waals surface area contributed by atoms with Gasteiger partial charge in [0.15, 0.2) is 0 Å². The molecule has 1 aromatic carbocycles. The highest BCUT2D eigenvalue weighted by Gasteiger charge is 2.32. The lowest BCUT2D eigenvalue weighted by Gasteiger charge is -2.35. The van der Waals surface area contributed by atoms with Gasteiger partial charge in [0.05, 0.1) is 34.4 Å². The number of nitro benzene ring substituents is 1. The van der Waals surface area contributed by atoms with Crippen LogP contribution in [0.15, 0.2) is 30.3 Å². The number of aromatic nitrogens is 1. The Hall–Kier alpha value is -4.09. The van der Waals surface area contributed by atoms with Crippen LogP contribution < -0.4 is 0 Å². The molecule has 0 spiro atoms. The van der Waals surface area contributed by atoms with Crippen molar-refractivity contribution in [2.45, 2.75) is 32.6 Å². The number of hydrogen-bond acceptors (Lipinski definition) is 7. The SMILES string of the molecule is CCOC(=O)N1CCN(C(=O)c2ccc(C)nc2C2CCN(C(=O)c3ccc([N+](=O)[O-])cc3F)CC2)CC1. The Balaban J connectivity index is 1.43. The Labute approximate surface area is 219 Å². The average Bonchev–Trinajstić information content (AvgIpc) is 2.92. The number of benzene rings is 1. The van der Waals surface area contributed by atoms with E-state index in [1.165, 1.54) is 4.90 Å². The summed E-state index contributed by atoms with van der Waals surface area (Å²) in [5, 5.41) is 10.9. The summed E-state index contributed by atoms with van der Waals surface area (Å²) in [6, 6.07) is 6.58. The zero-order chi connectivity index (χ0) is 27.4. The summed E-state index contributed by atoms with van der Waals surface area (Å²) < 4.78 is 19.4. The molecule has 0 aliphatic carbocycles. The Kier molecular flexibility index (Phi) is 8.18. The van der Waals surface area contributed by atoms with E-state index in [4.69, 9.17) is 4.74 Å². The molecule has 0 unspecified atom stereocenters. The van der Waals surface area contributed by atoms with Crippen molar-refractivity contribution in [1.82, 2.24) is 19.7 Å². The van der Waals surface area contributed by atoms with Crippen molar-refractivity contribution in [3.8, 4) is 0 Å². The number of pyridine rings is 1. The maximum Gasteiger partial charge on any atom is 0.409 e. The third-order valence-electron chi connectivity index (χ3n) is 6.95. The lowest BCUT2D eigenvalue weighted by Crippen LogP contribution is -2.51. The molecule has 4 rings (SSSR count). The van der Waals surface area contributed by atoms with Gasteiger partial charge in [-0.05, 0) is 44.9 Å². The third-order valence-corrected chi connectivity index (χ3v) is 6.95. The van der Waals surface area contributed by atoms with Crippen LogP contribution in [-0.2, 0) is 4.74 Å². The summed E-state index contributed by atoms with van der Waals surface area (Å²) >= 11 is 0. The molecule has 0 bridgehead atoms. The third kappa shape index (κ3) is 5.74. The van der Waals surface area contributed by atoms with Crippen molar-refractivity contribution in [2.24, 2.45) is 0 Å². The average molecular weight is 528 g/mol. The van der Waals surface area contributed by atoms with Crippen LogP contribution >= 0.6 is 0 Å². The molecular formula is C26H30FN5O6. The largest absolute Gasteiger partial charge is 0.450 e. The number of ether oxygens (including phenoxy) is 1. The quantitative estimate of drug-likeness (QED) is 0.431. The van der Waals surface area contributed by atoms with E-state index in [0.29, 0.717) is 70.0 Å². The number of carbonyl (C=O) groups is 3. The van der Waals surface area contributed by atoms with Crippen molar-refractivity contribution in [2.75, 3.05) is 45.9 Å². The number of non-ortho nitro benzene ring substituents is 1. The number of carbonyl (C=O) groups excluding carboxylic acids is 3. The molecule has 2 aliphatic rings. The molecule has 2 aliphatic heterocycles. The van der Waals surface area contributed by atoms with Crippen LogP contribution in [0.1, 0.15) is 57.8 Å². The fourth-order valence-electron chi connectivity index (χ4n) is 4.86. The molecule has 12 heteroatoms. The first-order valence-corrected chi connectivity index (χ1v) is 12.6. The standard InChI is InChI=1S/C26H30FN5O6/c1-3-38-26(35)31-14-12-30(13-15-31)25(34)21-6-4-17(2)28-23(21)18-8-10-29(11-9-18)24(33)20-7-5-19(32(36)37)16-22(20)27/h4-7,16,18H,3,8-15H2,1-2H3. The molecule has 0 saturated carbocycles. The minimum absolute atomic E-state index is 0.0690. The topological polar surface area (TPSA) is 126 Å². The molecule has 11 nitrogen and oxygen atoms in total. The smallest absolute Gasteiger partial charge is 0.409 e. The Morgan fingerprint density at radius 1 is 0.974 bits per heavy atom. The number of aryl methyl sites for hydroxylation is 1. The van der Waals surface area contributed by atoms with E-state index in [1.54, 1.807) is 28.9 Å². The maximum atomic E-state index is 14.4. The van der Waals surface area contributed by atoms with Crippen LogP contribution in [0, 0.1) is 22.9 Å². The maximum absolute atomic E-state index is 14.4. The van der Waals surface area contributed by atoms with Gasteiger partial charge in [-0.2, -0.15) is 0 Å². The van der Waals surface area contributed by atoms with E-state index in [0.717, 1.165) is 23.9 Å². The summed E-state index contributed by atoms with van der Waals surface area (Å²) in [6.45, 7) is 6.12. The van der Waals surface area contributed by atoms with Crippen LogP contribution in [0.2, 0.25) is 0 Å². The molecule has 2 aromatic rings. The zero-order valence-corrected chi connectivity index (χ0v) is 21.4. The normalized spacial score (nSPS) is 16.3. The van der Waals surface area contributed by atoms with Crippen molar-refractivity contribution in [1.29, 1.82) is 0 Å². The number of piperidine rings is 1. The molecule has 38 heavy (non-hydrogen) atoms. The number of rotatable bonds is 5. The Bertz CT molecular complexity index is 1240. The van der Waals surface area contributed by atoms with Gasteiger partial charge in [0, 0.05) is 56.9 Å². The fraction of sp³-hybridized carbons (Fsp3) is 0.462. The van der Waals surface area contributed by atoms with Crippen LogP contribution in [0.4, 0.5) is 14.9 Å². The van der Waals surface area contributed by atoms with Gasteiger partial charge in [0.1, 0.15) is 5.82 Å². The first-order valence-electron chi connectivity index (χ1n) is 12.6. The predicted molar refractivity (Wildman–Crippen MR) is 134 cm³/mol. The van der Waals surface area contributed by atoms with Gasteiger partial charge < -0.3 is 19.4 Å². The number of nitrogens with zero attached hydrogens (tertiary/aromatic N) is 5. The molecule has 0 N–H and O–H groups in total. The molecule has 1 aromatic heterocycles. The van der Waals surface area contributed by atoms with Crippen molar-refractivity contribution >= 4 is 23.6 Å². The van der Waals surface area contributed by atoms with E-state index < -0.39 is 22.3 Å². The molecule has 3 heterocycles. The van der Waals surface area contributed by atoms with Crippen LogP contribution in [0.3, 0.4) is 0 Å². The summed E-state index contributed by atoms with van der Waals surface area (Å²) in [5.41, 5.74) is 1.33. The summed E-state index contributed by atoms with van der Waals surface area (Å²) in [7, 11) is 0. The second kappa shape index (κ2) is 11.5. The Morgan fingerprint density at radius 3 is 2.16 bits per heavy atom. The minimum Gasteiger partial charge on any atom is -0.450 e. The lowest BCUT2D eigenvalue weighted by atomic mass is 9.89. The van der Waals surface area contributed by atoms with Gasteiger partial charge in [-0.3, -0.25) is 24.7 Å². The van der Waals surface area contributed by atoms with E-state index >= 15 is 0 Å². The van der Waals surface area contributed by atoms with Gasteiger partial charge in [-0.15, -0.1) is 0 Å². The van der Waals surface area contributed by atoms with E-state index in [2.05, 4.69) is 4.98 Å². The second-order valence-electron chi connectivity index (χ2n) is 9.35. The van der Waals surface area contributed by atoms with Crippen LogP contribution in [0.5, 0.6) is 0 Å². The van der Waals surface area contributed by atoms with E-state index in [1.807, 2.05) is 6.92 Å². The number of likely N-dealkylation sites (tertiary alicyclic amines) is 1. The number of hydrogen-bond donors (Lipinski definition) is 0. The van der Waals surface area contributed by atoms with Crippen LogP contribution in [-0.4, -0.2) is 88.4 Å². The highest BCUT2D eigenvalue weighted by Crippen LogP contribution is 2.31. The van der Waals surface area contributed by atoms with Gasteiger partial charge in [-0.25, -0.2) is 9.18 Å².